The molecule has 0 amide bonds. The first-order valence-electron chi connectivity index (χ1n) is 12.7. The van der Waals surface area contributed by atoms with E-state index in [1.165, 1.54) is 19.3 Å². The lowest BCUT2D eigenvalue weighted by atomic mass is 9.98. The van der Waals surface area contributed by atoms with E-state index < -0.39 is 0 Å². The third-order valence-electron chi connectivity index (χ3n) is 7.02. The molecule has 0 saturated heterocycles. The normalized spacial score (nSPS) is 14.4. The molecular weight excluding hydrogens is 462 g/mol. The maximum Gasteiger partial charge on any atom is 0.159 e. The second kappa shape index (κ2) is 9.13. The molecule has 0 radical (unpaired) electrons. The van der Waals surface area contributed by atoms with Gasteiger partial charge in [-0.2, -0.15) is 5.10 Å². The summed E-state index contributed by atoms with van der Waals surface area (Å²) in [4.78, 5) is 21.7. The molecule has 0 atom stereocenters. The first kappa shape index (κ1) is 21.7. The van der Waals surface area contributed by atoms with Crippen LogP contribution in [-0.2, 0) is 0 Å². The molecular formula is C29H25N7O. The van der Waals surface area contributed by atoms with Gasteiger partial charge in [-0.25, -0.2) is 4.98 Å². The Labute approximate surface area is 213 Å². The van der Waals surface area contributed by atoms with Gasteiger partial charge in [0.25, 0.3) is 0 Å². The summed E-state index contributed by atoms with van der Waals surface area (Å²) in [6.07, 6.45) is 13.5. The Morgan fingerprint density at radius 2 is 1.62 bits per heavy atom. The van der Waals surface area contributed by atoms with Gasteiger partial charge in [0.15, 0.2) is 5.82 Å². The summed E-state index contributed by atoms with van der Waals surface area (Å²) in [6.45, 7) is 0. The molecule has 1 aliphatic rings. The largest absolute Gasteiger partial charge is 0.490 e. The predicted molar refractivity (Wildman–Crippen MR) is 143 cm³/mol. The Kier molecular flexibility index (Phi) is 5.35. The minimum absolute atomic E-state index is 0.298. The van der Waals surface area contributed by atoms with Crippen LogP contribution >= 0.6 is 0 Å². The van der Waals surface area contributed by atoms with E-state index in [0.29, 0.717) is 11.9 Å². The van der Waals surface area contributed by atoms with E-state index in [4.69, 9.17) is 9.72 Å². The molecule has 2 N–H and O–H groups in total. The number of aromatic amines is 2. The van der Waals surface area contributed by atoms with Crippen molar-refractivity contribution in [2.45, 2.75) is 38.2 Å². The van der Waals surface area contributed by atoms with Gasteiger partial charge in [-0.3, -0.25) is 20.1 Å². The molecule has 5 aromatic heterocycles. The predicted octanol–water partition coefficient (Wildman–Crippen LogP) is 6.34. The van der Waals surface area contributed by atoms with Crippen molar-refractivity contribution in [1.82, 2.24) is 35.1 Å². The number of hydrogen-bond donors (Lipinski definition) is 2. The number of benzene rings is 1. The van der Waals surface area contributed by atoms with Crippen molar-refractivity contribution in [2.24, 2.45) is 0 Å². The molecule has 5 heterocycles. The van der Waals surface area contributed by atoms with Crippen LogP contribution in [0.2, 0.25) is 0 Å². The quantitative estimate of drug-likeness (QED) is 0.294. The average Bonchev–Trinajstić information content (AvgIpc) is 3.58. The highest BCUT2D eigenvalue weighted by Crippen LogP contribution is 2.33. The van der Waals surface area contributed by atoms with Gasteiger partial charge in [0.05, 0.1) is 28.5 Å². The zero-order chi connectivity index (χ0) is 24.6. The Hall–Kier alpha value is -4.59. The fraction of sp³-hybridized carbons (Fsp3) is 0.207. The summed E-state index contributed by atoms with van der Waals surface area (Å²) in [5.74, 6) is 1.56. The molecule has 1 fully saturated rings. The molecule has 6 aromatic rings. The van der Waals surface area contributed by atoms with Gasteiger partial charge in [-0.05, 0) is 62.1 Å². The lowest BCUT2D eigenvalue weighted by Gasteiger charge is -2.23. The number of rotatable bonds is 5. The Bertz CT molecular complexity index is 1700. The van der Waals surface area contributed by atoms with Crippen molar-refractivity contribution in [3.05, 3.63) is 73.3 Å². The van der Waals surface area contributed by atoms with Gasteiger partial charge < -0.3 is 9.72 Å². The van der Waals surface area contributed by atoms with E-state index in [1.54, 1.807) is 18.6 Å². The zero-order valence-electron chi connectivity index (χ0n) is 20.2. The van der Waals surface area contributed by atoms with Crippen LogP contribution in [0.4, 0.5) is 0 Å². The third kappa shape index (κ3) is 4.10. The summed E-state index contributed by atoms with van der Waals surface area (Å²) < 4.78 is 6.28. The number of ether oxygens (including phenoxy) is 1. The van der Waals surface area contributed by atoms with Gasteiger partial charge in [0, 0.05) is 47.4 Å². The van der Waals surface area contributed by atoms with Gasteiger partial charge >= 0.3 is 0 Å². The summed E-state index contributed by atoms with van der Waals surface area (Å²) >= 11 is 0. The second-order valence-corrected chi connectivity index (χ2v) is 9.46. The van der Waals surface area contributed by atoms with Crippen molar-refractivity contribution in [3.63, 3.8) is 0 Å². The van der Waals surface area contributed by atoms with Crippen molar-refractivity contribution in [3.8, 4) is 39.8 Å². The molecule has 0 bridgehead atoms. The van der Waals surface area contributed by atoms with E-state index in [9.17, 15) is 0 Å². The topological polar surface area (TPSA) is 105 Å². The highest BCUT2D eigenvalue weighted by Gasteiger charge is 2.18. The van der Waals surface area contributed by atoms with Gasteiger partial charge in [-0.15, -0.1) is 0 Å². The lowest BCUT2D eigenvalue weighted by Crippen LogP contribution is -2.19. The SMILES string of the molecule is c1cc(-c2nccc3[nH]c(-c4n[nH]c5ccc(-c6cc(OC7CCCCC7)ccn6)cc45)nc23)ccn1. The number of imidazole rings is 1. The molecule has 1 aliphatic carbocycles. The first-order valence-corrected chi connectivity index (χ1v) is 12.7. The smallest absolute Gasteiger partial charge is 0.159 e. The number of H-pyrrole nitrogens is 2. The highest BCUT2D eigenvalue weighted by molar-refractivity contribution is 5.97. The lowest BCUT2D eigenvalue weighted by molar-refractivity contribution is 0.155. The molecule has 7 rings (SSSR count). The molecule has 8 heteroatoms. The van der Waals surface area contributed by atoms with Gasteiger partial charge in [0.1, 0.15) is 17.0 Å². The van der Waals surface area contributed by atoms with Crippen LogP contribution in [0, 0.1) is 0 Å². The van der Waals surface area contributed by atoms with Crippen LogP contribution in [0.5, 0.6) is 5.75 Å². The Morgan fingerprint density at radius 1 is 0.757 bits per heavy atom. The molecule has 0 unspecified atom stereocenters. The molecule has 1 saturated carbocycles. The number of nitrogens with zero attached hydrogens (tertiary/aromatic N) is 5. The molecule has 182 valence electrons. The average molecular weight is 488 g/mol. The van der Waals surface area contributed by atoms with Crippen LogP contribution in [0.3, 0.4) is 0 Å². The highest BCUT2D eigenvalue weighted by atomic mass is 16.5. The maximum absolute atomic E-state index is 6.28. The van der Waals surface area contributed by atoms with Gasteiger partial charge in [0.2, 0.25) is 0 Å². The van der Waals surface area contributed by atoms with Crippen LogP contribution in [-0.4, -0.2) is 41.2 Å². The molecule has 8 nitrogen and oxygen atoms in total. The molecule has 1 aromatic carbocycles. The molecule has 0 aliphatic heterocycles. The van der Waals surface area contributed by atoms with E-state index >= 15 is 0 Å². The third-order valence-corrected chi connectivity index (χ3v) is 7.02. The summed E-state index contributed by atoms with van der Waals surface area (Å²) in [5, 5.41) is 8.71. The van der Waals surface area contributed by atoms with Crippen molar-refractivity contribution in [2.75, 3.05) is 0 Å². The number of hydrogen-bond acceptors (Lipinski definition) is 6. The standard InChI is InChI=1S/C29H25N7O/c1-2-4-20(5-3-1)37-21-10-14-31-25(17-21)19-6-7-23-22(16-19)27(36-35-23)29-33-24-11-15-32-26(28(24)34-29)18-8-12-30-13-9-18/h6-17,20H,1-5H2,(H,33,34)(H,35,36). The van der Waals surface area contributed by atoms with Crippen LogP contribution in [0.15, 0.2) is 73.3 Å². The monoisotopic (exact) mass is 487 g/mol. The summed E-state index contributed by atoms with van der Waals surface area (Å²) in [7, 11) is 0. The molecule has 37 heavy (non-hydrogen) atoms. The summed E-state index contributed by atoms with van der Waals surface area (Å²) in [6, 6.07) is 16.0. The minimum atomic E-state index is 0.298. The van der Waals surface area contributed by atoms with E-state index in [1.807, 2.05) is 42.6 Å². The number of fused-ring (bicyclic) bond motifs is 2. The summed E-state index contributed by atoms with van der Waals surface area (Å²) in [5.41, 5.74) is 7.03. The fourth-order valence-electron chi connectivity index (χ4n) is 5.14. The van der Waals surface area contributed by atoms with Gasteiger partial charge in [-0.1, -0.05) is 12.5 Å². The van der Waals surface area contributed by atoms with Crippen molar-refractivity contribution >= 4 is 21.9 Å². The van der Waals surface area contributed by atoms with Crippen LogP contribution in [0.1, 0.15) is 32.1 Å². The second-order valence-electron chi connectivity index (χ2n) is 9.46. The van der Waals surface area contributed by atoms with Crippen molar-refractivity contribution < 1.29 is 4.74 Å². The van der Waals surface area contributed by atoms with E-state index in [2.05, 4.69) is 42.3 Å². The van der Waals surface area contributed by atoms with Crippen molar-refractivity contribution in [1.29, 1.82) is 0 Å². The van der Waals surface area contributed by atoms with Crippen LogP contribution < -0.4 is 4.74 Å². The number of nitrogens with one attached hydrogen (secondary N) is 2. The number of pyridine rings is 3. The van der Waals surface area contributed by atoms with Crippen LogP contribution in [0.25, 0.3) is 56.0 Å². The molecule has 0 spiro atoms. The minimum Gasteiger partial charge on any atom is -0.490 e. The first-order chi connectivity index (χ1) is 18.3. The van der Waals surface area contributed by atoms with E-state index in [-0.39, 0.29) is 0 Å². The Balaban J connectivity index is 1.26. The van der Waals surface area contributed by atoms with E-state index in [0.717, 1.165) is 68.7 Å². The zero-order valence-corrected chi connectivity index (χ0v) is 20.2. The Morgan fingerprint density at radius 3 is 2.51 bits per heavy atom. The number of aromatic nitrogens is 7. The maximum atomic E-state index is 6.28. The fourth-order valence-corrected chi connectivity index (χ4v) is 5.14.